The van der Waals surface area contributed by atoms with Crippen LogP contribution in [0.3, 0.4) is 0 Å². The molecule has 2 aliphatic rings. The lowest BCUT2D eigenvalue weighted by molar-refractivity contribution is -0.124. The van der Waals surface area contributed by atoms with E-state index in [0.29, 0.717) is 40.2 Å². The molecule has 1 saturated heterocycles. The van der Waals surface area contributed by atoms with Crippen LogP contribution in [0, 0.1) is 31.6 Å². The van der Waals surface area contributed by atoms with Crippen molar-refractivity contribution < 1.29 is 22.7 Å². The lowest BCUT2D eigenvalue weighted by Crippen LogP contribution is -2.35. The van der Waals surface area contributed by atoms with Gasteiger partial charge in [0, 0.05) is 39.1 Å². The molecule has 41 heavy (non-hydrogen) atoms. The molecule has 1 saturated carbocycles. The highest BCUT2D eigenvalue weighted by Crippen LogP contribution is 2.37. The Morgan fingerprint density at radius 1 is 1.07 bits per heavy atom. The van der Waals surface area contributed by atoms with E-state index in [1.807, 2.05) is 0 Å². The van der Waals surface area contributed by atoms with Crippen LogP contribution in [-0.2, 0) is 19.6 Å². The van der Waals surface area contributed by atoms with Crippen LogP contribution in [0.2, 0.25) is 0 Å². The number of hydrogen-bond acceptors (Lipinski definition) is 7. The lowest BCUT2D eigenvalue weighted by Gasteiger charge is -2.35. The molecule has 1 aliphatic carbocycles. The van der Waals surface area contributed by atoms with Crippen molar-refractivity contribution >= 4 is 15.8 Å². The third-order valence-electron chi connectivity index (χ3n) is 9.52. The number of aryl methyl sites for hydroxylation is 2. The predicted octanol–water partition coefficient (Wildman–Crippen LogP) is 4.77. The Kier molecular flexibility index (Phi) is 13.1. The van der Waals surface area contributed by atoms with E-state index in [9.17, 15) is 13.2 Å². The third-order valence-corrected chi connectivity index (χ3v) is 11.7. The third kappa shape index (κ3) is 9.48. The number of likely N-dealkylation sites (N-methyl/N-ethyl adjacent to an activating group) is 2. The average Bonchev–Trinajstić information content (AvgIpc) is 3.40. The van der Waals surface area contributed by atoms with Crippen LogP contribution in [0.15, 0.2) is 17.0 Å². The number of hydrogen-bond donors (Lipinski definition) is 0. The quantitative estimate of drug-likeness (QED) is 0.256. The van der Waals surface area contributed by atoms with Crippen molar-refractivity contribution in [2.45, 2.75) is 83.1 Å². The number of benzene rings is 1. The number of carbonyl (C=O) groups excluding carboxylic acids is 1. The Labute approximate surface area is 249 Å². The Balaban J connectivity index is 1.35. The summed E-state index contributed by atoms with van der Waals surface area (Å²) in [4.78, 5) is 17.9. The maximum atomic E-state index is 13.2. The van der Waals surface area contributed by atoms with Gasteiger partial charge in [-0.05, 0) is 114 Å². The Morgan fingerprint density at radius 3 is 2.29 bits per heavy atom. The monoisotopic (exact) mass is 593 g/mol. The highest BCUT2D eigenvalue weighted by atomic mass is 32.2. The molecule has 0 bridgehead atoms. The van der Waals surface area contributed by atoms with Crippen LogP contribution < -0.4 is 4.74 Å². The SMILES string of the molecule is CCC(CCC(=O)COCCN(C)S(=O)(=O)c1c(C)cc(OC)cc1C)C1CCC(CN2CCC(N(C)C)C2)CC1. The van der Waals surface area contributed by atoms with Crippen molar-refractivity contribution in [1.82, 2.24) is 14.1 Å². The van der Waals surface area contributed by atoms with Gasteiger partial charge in [0.05, 0.1) is 18.6 Å². The average molecular weight is 594 g/mol. The van der Waals surface area contributed by atoms with Crippen LogP contribution in [0.1, 0.15) is 69.4 Å². The number of rotatable bonds is 16. The van der Waals surface area contributed by atoms with Crippen molar-refractivity contribution in [3.8, 4) is 5.75 Å². The molecule has 9 heteroatoms. The molecule has 234 valence electrons. The molecular formula is C32H55N3O5S. The first-order chi connectivity index (χ1) is 19.5. The van der Waals surface area contributed by atoms with Gasteiger partial charge in [0.25, 0.3) is 0 Å². The summed E-state index contributed by atoms with van der Waals surface area (Å²) in [6, 6.07) is 4.17. The molecule has 0 radical (unpaired) electrons. The van der Waals surface area contributed by atoms with Crippen molar-refractivity contribution in [1.29, 1.82) is 0 Å². The fourth-order valence-electron chi connectivity index (χ4n) is 6.89. The molecule has 0 aromatic heterocycles. The van der Waals surface area contributed by atoms with Gasteiger partial charge in [-0.15, -0.1) is 0 Å². The summed E-state index contributed by atoms with van der Waals surface area (Å²) in [5.74, 6) is 2.88. The number of sulfonamides is 1. The van der Waals surface area contributed by atoms with E-state index in [-0.39, 0.29) is 25.5 Å². The lowest BCUT2D eigenvalue weighted by atomic mass is 9.73. The number of ether oxygens (including phenoxy) is 2. The Bertz CT molecular complexity index is 1060. The molecule has 0 amide bonds. The van der Waals surface area contributed by atoms with Crippen LogP contribution >= 0.6 is 0 Å². The normalized spacial score (nSPS) is 22.9. The van der Waals surface area contributed by atoms with Gasteiger partial charge in [-0.1, -0.05) is 13.3 Å². The van der Waals surface area contributed by atoms with Gasteiger partial charge in [0.2, 0.25) is 10.0 Å². The molecule has 2 unspecified atom stereocenters. The minimum atomic E-state index is -3.67. The molecule has 2 atom stereocenters. The first-order valence-electron chi connectivity index (χ1n) is 15.6. The Hall–Kier alpha value is -1.52. The van der Waals surface area contributed by atoms with Crippen molar-refractivity contribution in [3.63, 3.8) is 0 Å². The summed E-state index contributed by atoms with van der Waals surface area (Å²) >= 11 is 0. The van der Waals surface area contributed by atoms with Crippen LogP contribution in [-0.4, -0.2) is 102 Å². The van der Waals surface area contributed by atoms with Crippen LogP contribution in [0.5, 0.6) is 5.75 Å². The smallest absolute Gasteiger partial charge is 0.243 e. The van der Waals surface area contributed by atoms with E-state index < -0.39 is 10.0 Å². The molecule has 0 spiro atoms. The van der Waals surface area contributed by atoms with E-state index in [1.165, 1.54) is 56.0 Å². The maximum absolute atomic E-state index is 13.2. The fraction of sp³-hybridized carbons (Fsp3) is 0.781. The van der Waals surface area contributed by atoms with Crippen LogP contribution in [0.4, 0.5) is 0 Å². The molecule has 1 aromatic carbocycles. The highest BCUT2D eigenvalue weighted by molar-refractivity contribution is 7.89. The van der Waals surface area contributed by atoms with Crippen molar-refractivity contribution in [2.24, 2.45) is 17.8 Å². The number of methoxy groups -OCH3 is 1. The highest BCUT2D eigenvalue weighted by Gasteiger charge is 2.31. The number of Topliss-reactive ketones (excluding diaryl/α,β-unsaturated/α-hetero) is 1. The Morgan fingerprint density at radius 2 is 1.73 bits per heavy atom. The molecule has 1 heterocycles. The number of likely N-dealkylation sites (tertiary alicyclic amines) is 1. The van der Waals surface area contributed by atoms with E-state index in [2.05, 4.69) is 30.8 Å². The standard InChI is InChI=1S/C32H55N3O5S/c1-8-27(28-11-9-26(10-12-28)21-35-16-15-29(22-35)33(4)5)13-14-30(36)23-40-18-17-34(6)41(37,38)32-24(2)19-31(39-7)20-25(32)3/h19-20,26-29H,8-18,21-23H2,1-7H3. The summed E-state index contributed by atoms with van der Waals surface area (Å²) < 4.78 is 38.5. The van der Waals surface area contributed by atoms with E-state index >= 15 is 0 Å². The zero-order valence-corrected chi connectivity index (χ0v) is 27.5. The second-order valence-corrected chi connectivity index (χ2v) is 14.6. The number of ketones is 1. The van der Waals surface area contributed by atoms with Gasteiger partial charge >= 0.3 is 0 Å². The van der Waals surface area contributed by atoms with Gasteiger partial charge in [-0.25, -0.2) is 8.42 Å². The fourth-order valence-corrected chi connectivity index (χ4v) is 8.45. The zero-order chi connectivity index (χ0) is 30.2. The molecule has 8 nitrogen and oxygen atoms in total. The largest absolute Gasteiger partial charge is 0.497 e. The van der Waals surface area contributed by atoms with Crippen LogP contribution in [0.25, 0.3) is 0 Å². The molecule has 0 N–H and O–H groups in total. The summed E-state index contributed by atoms with van der Waals surface area (Å²) in [7, 11) is 3.83. The second-order valence-electron chi connectivity index (χ2n) is 12.7. The maximum Gasteiger partial charge on any atom is 0.243 e. The summed E-state index contributed by atoms with van der Waals surface area (Å²) in [5.41, 5.74) is 1.29. The minimum absolute atomic E-state index is 0.0431. The van der Waals surface area contributed by atoms with Gasteiger partial charge in [-0.2, -0.15) is 4.31 Å². The predicted molar refractivity (Wildman–Crippen MR) is 165 cm³/mol. The zero-order valence-electron chi connectivity index (χ0n) is 26.7. The summed E-state index contributed by atoms with van der Waals surface area (Å²) in [6.07, 6.45) is 9.07. The van der Waals surface area contributed by atoms with Crippen molar-refractivity contribution in [3.05, 3.63) is 23.3 Å². The minimum Gasteiger partial charge on any atom is -0.497 e. The van der Waals surface area contributed by atoms with E-state index in [1.54, 1.807) is 40.1 Å². The first-order valence-corrected chi connectivity index (χ1v) is 17.0. The van der Waals surface area contributed by atoms with Gasteiger partial charge in [-0.3, -0.25) is 4.79 Å². The van der Waals surface area contributed by atoms with E-state index in [4.69, 9.17) is 9.47 Å². The first kappa shape index (κ1) is 34.0. The molecule has 1 aromatic rings. The number of carbonyl (C=O) groups is 1. The molecular weight excluding hydrogens is 538 g/mol. The molecule has 2 fully saturated rings. The summed E-state index contributed by atoms with van der Waals surface area (Å²) in [5, 5.41) is 0. The van der Waals surface area contributed by atoms with Gasteiger partial charge in [0.1, 0.15) is 12.4 Å². The topological polar surface area (TPSA) is 79.4 Å². The van der Waals surface area contributed by atoms with Crippen molar-refractivity contribution in [2.75, 3.05) is 67.6 Å². The van der Waals surface area contributed by atoms with Gasteiger partial charge < -0.3 is 19.3 Å². The molecule has 1 aliphatic heterocycles. The summed E-state index contributed by atoms with van der Waals surface area (Å²) in [6.45, 7) is 9.91. The van der Waals surface area contributed by atoms with Gasteiger partial charge in [0.15, 0.2) is 5.78 Å². The van der Waals surface area contributed by atoms with E-state index in [0.717, 1.165) is 24.7 Å². The number of nitrogens with zero attached hydrogens (tertiary/aromatic N) is 3. The second kappa shape index (κ2) is 15.8. The molecule has 3 rings (SSSR count).